The molecule has 2 N–H and O–H groups in total. The van der Waals surface area contributed by atoms with E-state index in [9.17, 15) is 0 Å². The van der Waals surface area contributed by atoms with Crippen molar-refractivity contribution in [3.8, 4) is 0 Å². The number of likely N-dealkylation sites (N-methyl/N-ethyl adjacent to an activating group) is 2. The Morgan fingerprint density at radius 3 is 2.65 bits per heavy atom. The molecule has 1 heterocycles. The van der Waals surface area contributed by atoms with E-state index in [4.69, 9.17) is 17.3 Å². The summed E-state index contributed by atoms with van der Waals surface area (Å²) >= 11 is 6.12. The van der Waals surface area contributed by atoms with Crippen molar-refractivity contribution in [2.75, 3.05) is 36.8 Å². The molecule has 0 bridgehead atoms. The Labute approximate surface area is 108 Å². The first-order chi connectivity index (χ1) is 8.15. The summed E-state index contributed by atoms with van der Waals surface area (Å²) in [6.07, 6.45) is 0. The third-order valence-corrected chi connectivity index (χ3v) is 3.77. The van der Waals surface area contributed by atoms with Crippen molar-refractivity contribution in [2.24, 2.45) is 0 Å². The first-order valence-corrected chi connectivity index (χ1v) is 6.58. The average molecular weight is 254 g/mol. The van der Waals surface area contributed by atoms with Crippen LogP contribution < -0.4 is 10.6 Å². The SMILES string of the molecule is CCN1CCN(CC)c2cc(N)c(Cl)cc2C1. The van der Waals surface area contributed by atoms with Gasteiger partial charge in [0.25, 0.3) is 0 Å². The summed E-state index contributed by atoms with van der Waals surface area (Å²) in [5.74, 6) is 0. The van der Waals surface area contributed by atoms with Crippen LogP contribution in [0, 0.1) is 0 Å². The number of halogens is 1. The van der Waals surface area contributed by atoms with Gasteiger partial charge in [-0.15, -0.1) is 0 Å². The Morgan fingerprint density at radius 2 is 2.00 bits per heavy atom. The largest absolute Gasteiger partial charge is 0.397 e. The lowest BCUT2D eigenvalue weighted by molar-refractivity contribution is 0.293. The highest BCUT2D eigenvalue weighted by Gasteiger charge is 2.19. The summed E-state index contributed by atoms with van der Waals surface area (Å²) in [6, 6.07) is 4.03. The second-order valence-electron chi connectivity index (χ2n) is 4.45. The molecule has 4 heteroatoms. The lowest BCUT2D eigenvalue weighted by Gasteiger charge is -2.23. The van der Waals surface area contributed by atoms with Gasteiger partial charge in [-0.1, -0.05) is 18.5 Å². The van der Waals surface area contributed by atoms with Crippen LogP contribution in [0.3, 0.4) is 0 Å². The second-order valence-corrected chi connectivity index (χ2v) is 4.86. The van der Waals surface area contributed by atoms with Gasteiger partial charge in [0.05, 0.1) is 10.7 Å². The van der Waals surface area contributed by atoms with E-state index in [-0.39, 0.29) is 0 Å². The summed E-state index contributed by atoms with van der Waals surface area (Å²) < 4.78 is 0. The summed E-state index contributed by atoms with van der Waals surface area (Å²) in [6.45, 7) is 9.55. The van der Waals surface area contributed by atoms with Crippen molar-refractivity contribution in [1.82, 2.24) is 4.90 Å². The highest BCUT2D eigenvalue weighted by Crippen LogP contribution is 2.32. The van der Waals surface area contributed by atoms with Gasteiger partial charge in [-0.3, -0.25) is 4.90 Å². The fraction of sp³-hybridized carbons (Fsp3) is 0.538. The van der Waals surface area contributed by atoms with Crippen molar-refractivity contribution in [2.45, 2.75) is 20.4 Å². The molecular formula is C13H20ClN3. The number of fused-ring (bicyclic) bond motifs is 1. The molecule has 0 atom stereocenters. The molecule has 0 saturated heterocycles. The fourth-order valence-corrected chi connectivity index (χ4v) is 2.53. The van der Waals surface area contributed by atoms with Crippen LogP contribution in [-0.2, 0) is 6.54 Å². The van der Waals surface area contributed by atoms with E-state index in [1.807, 2.05) is 12.1 Å². The van der Waals surface area contributed by atoms with E-state index in [1.165, 1.54) is 11.3 Å². The molecule has 0 radical (unpaired) electrons. The van der Waals surface area contributed by atoms with Gasteiger partial charge in [0.1, 0.15) is 0 Å². The van der Waals surface area contributed by atoms with Gasteiger partial charge >= 0.3 is 0 Å². The Morgan fingerprint density at radius 1 is 1.24 bits per heavy atom. The molecule has 0 unspecified atom stereocenters. The molecule has 0 aliphatic carbocycles. The summed E-state index contributed by atoms with van der Waals surface area (Å²) in [5.41, 5.74) is 9.11. The van der Waals surface area contributed by atoms with Crippen LogP contribution in [0.1, 0.15) is 19.4 Å². The molecule has 2 rings (SSSR count). The van der Waals surface area contributed by atoms with Crippen molar-refractivity contribution in [3.05, 3.63) is 22.7 Å². The number of benzene rings is 1. The zero-order chi connectivity index (χ0) is 12.4. The van der Waals surface area contributed by atoms with Gasteiger partial charge in [-0.25, -0.2) is 0 Å². The maximum absolute atomic E-state index is 6.12. The van der Waals surface area contributed by atoms with Crippen molar-refractivity contribution >= 4 is 23.0 Å². The molecule has 1 aliphatic heterocycles. The third kappa shape index (κ3) is 2.50. The Hall–Kier alpha value is -0.930. The van der Waals surface area contributed by atoms with Crippen LogP contribution in [0.25, 0.3) is 0 Å². The van der Waals surface area contributed by atoms with Crippen LogP contribution in [0.2, 0.25) is 5.02 Å². The van der Waals surface area contributed by atoms with Gasteiger partial charge in [0, 0.05) is 31.9 Å². The molecular weight excluding hydrogens is 234 g/mol. The van der Waals surface area contributed by atoms with E-state index in [1.54, 1.807) is 0 Å². The maximum atomic E-state index is 6.12. The number of hydrogen-bond acceptors (Lipinski definition) is 3. The average Bonchev–Trinajstić information content (AvgIpc) is 2.49. The molecule has 17 heavy (non-hydrogen) atoms. The molecule has 3 nitrogen and oxygen atoms in total. The number of hydrogen-bond donors (Lipinski definition) is 1. The number of rotatable bonds is 2. The summed E-state index contributed by atoms with van der Waals surface area (Å²) in [5, 5.41) is 0.665. The quantitative estimate of drug-likeness (QED) is 0.823. The Kier molecular flexibility index (Phi) is 3.79. The molecule has 1 aromatic rings. The number of nitrogens with zero attached hydrogens (tertiary/aromatic N) is 2. The Balaban J connectivity index is 2.43. The van der Waals surface area contributed by atoms with Gasteiger partial charge in [-0.05, 0) is 31.2 Å². The van der Waals surface area contributed by atoms with Crippen LogP contribution in [0.4, 0.5) is 11.4 Å². The van der Waals surface area contributed by atoms with Crippen LogP contribution in [0.15, 0.2) is 12.1 Å². The lowest BCUT2D eigenvalue weighted by atomic mass is 10.1. The van der Waals surface area contributed by atoms with E-state index in [0.717, 1.165) is 32.7 Å². The zero-order valence-electron chi connectivity index (χ0n) is 10.5. The maximum Gasteiger partial charge on any atom is 0.0640 e. The molecule has 0 saturated carbocycles. The first kappa shape index (κ1) is 12.5. The van der Waals surface area contributed by atoms with E-state index < -0.39 is 0 Å². The third-order valence-electron chi connectivity index (χ3n) is 3.45. The highest BCUT2D eigenvalue weighted by atomic mass is 35.5. The zero-order valence-corrected chi connectivity index (χ0v) is 11.3. The number of nitrogen functional groups attached to an aromatic ring is 1. The summed E-state index contributed by atoms with van der Waals surface area (Å²) in [7, 11) is 0. The van der Waals surface area contributed by atoms with Gasteiger partial charge < -0.3 is 10.6 Å². The van der Waals surface area contributed by atoms with Crippen molar-refractivity contribution in [3.63, 3.8) is 0 Å². The van der Waals surface area contributed by atoms with E-state index >= 15 is 0 Å². The minimum Gasteiger partial charge on any atom is -0.397 e. The van der Waals surface area contributed by atoms with Crippen LogP contribution in [0.5, 0.6) is 0 Å². The van der Waals surface area contributed by atoms with E-state index in [2.05, 4.69) is 23.6 Å². The Bertz CT molecular complexity index is 406. The van der Waals surface area contributed by atoms with Gasteiger partial charge in [-0.2, -0.15) is 0 Å². The summed E-state index contributed by atoms with van der Waals surface area (Å²) in [4.78, 5) is 4.80. The monoisotopic (exact) mass is 253 g/mol. The molecule has 0 fully saturated rings. The molecule has 1 aliphatic rings. The lowest BCUT2D eigenvalue weighted by Crippen LogP contribution is -2.31. The minimum atomic E-state index is 0.665. The first-order valence-electron chi connectivity index (χ1n) is 6.20. The molecule has 0 amide bonds. The normalized spacial score (nSPS) is 16.8. The number of anilines is 2. The smallest absolute Gasteiger partial charge is 0.0640 e. The molecule has 1 aromatic carbocycles. The standard InChI is InChI=1S/C13H20ClN3/c1-3-16-5-6-17(4-2)13-8-12(15)11(14)7-10(13)9-16/h7-8H,3-6,9,15H2,1-2H3. The predicted molar refractivity (Wildman–Crippen MR) is 74.7 cm³/mol. The predicted octanol–water partition coefficient (Wildman–Crippen LogP) is 2.58. The molecule has 94 valence electrons. The van der Waals surface area contributed by atoms with Gasteiger partial charge in [0.2, 0.25) is 0 Å². The highest BCUT2D eigenvalue weighted by molar-refractivity contribution is 6.33. The molecule has 0 spiro atoms. The molecule has 0 aromatic heterocycles. The topological polar surface area (TPSA) is 32.5 Å². The van der Waals surface area contributed by atoms with Crippen LogP contribution >= 0.6 is 11.6 Å². The van der Waals surface area contributed by atoms with Crippen molar-refractivity contribution in [1.29, 1.82) is 0 Å². The van der Waals surface area contributed by atoms with E-state index in [0.29, 0.717) is 10.7 Å². The second kappa shape index (κ2) is 5.15. The van der Waals surface area contributed by atoms with Gasteiger partial charge in [0.15, 0.2) is 0 Å². The minimum absolute atomic E-state index is 0.665. The fourth-order valence-electron chi connectivity index (χ4n) is 2.34. The van der Waals surface area contributed by atoms with Crippen LogP contribution in [-0.4, -0.2) is 31.1 Å². The number of nitrogens with two attached hydrogens (primary N) is 1. The van der Waals surface area contributed by atoms with Crippen molar-refractivity contribution < 1.29 is 0 Å².